The molecule has 0 amide bonds. The van der Waals surface area contributed by atoms with Crippen LogP contribution in [-0.2, 0) is 28.2 Å². The molecule has 0 aliphatic heterocycles. The number of ether oxygens (including phenoxy) is 2. The van der Waals surface area contributed by atoms with Crippen LogP contribution < -0.4 is 0 Å². The Bertz CT molecular complexity index is 807. The van der Waals surface area contributed by atoms with E-state index in [0.29, 0.717) is 6.42 Å². The van der Waals surface area contributed by atoms with Gasteiger partial charge in [0, 0.05) is 12.8 Å². The fourth-order valence-corrected chi connectivity index (χ4v) is 5.55. The van der Waals surface area contributed by atoms with Gasteiger partial charge in [0.2, 0.25) is 0 Å². The van der Waals surface area contributed by atoms with E-state index in [4.69, 9.17) is 19.3 Å². The van der Waals surface area contributed by atoms with Gasteiger partial charge in [-0.15, -0.1) is 0 Å². The van der Waals surface area contributed by atoms with Crippen molar-refractivity contribution in [1.29, 1.82) is 0 Å². The molecule has 0 aromatic carbocycles. The fraction of sp³-hybridized carbons (Fsp3) is 0.838. The minimum absolute atomic E-state index is 0.109. The SMILES string of the molecule is CCCCCCCC/C=C/C/C=C/CCC(=O)OC(COC(=O)CCCCCCCCCCCCCCCCC)COP(=O)(O)O. The van der Waals surface area contributed by atoms with Crippen molar-refractivity contribution in [3.63, 3.8) is 0 Å². The molecule has 8 nitrogen and oxygen atoms in total. The molecule has 0 heterocycles. The van der Waals surface area contributed by atoms with Gasteiger partial charge in [-0.2, -0.15) is 0 Å². The van der Waals surface area contributed by atoms with Crippen LogP contribution in [0.4, 0.5) is 0 Å². The van der Waals surface area contributed by atoms with Crippen LogP contribution in [0.25, 0.3) is 0 Å². The van der Waals surface area contributed by atoms with Crippen molar-refractivity contribution in [2.75, 3.05) is 13.2 Å². The molecule has 0 bridgehead atoms. The van der Waals surface area contributed by atoms with Gasteiger partial charge < -0.3 is 19.3 Å². The van der Waals surface area contributed by atoms with Crippen molar-refractivity contribution in [2.24, 2.45) is 0 Å². The average Bonchev–Trinajstić information content (AvgIpc) is 3.02. The lowest BCUT2D eigenvalue weighted by Crippen LogP contribution is -2.29. The molecule has 0 aromatic heterocycles. The van der Waals surface area contributed by atoms with E-state index in [2.05, 4.69) is 30.5 Å². The van der Waals surface area contributed by atoms with Gasteiger partial charge in [-0.1, -0.05) is 160 Å². The van der Waals surface area contributed by atoms with Crippen molar-refractivity contribution in [2.45, 2.75) is 187 Å². The lowest BCUT2D eigenvalue weighted by molar-refractivity contribution is -0.161. The summed E-state index contributed by atoms with van der Waals surface area (Å²) >= 11 is 0. The summed E-state index contributed by atoms with van der Waals surface area (Å²) in [6, 6.07) is 0. The molecule has 0 fully saturated rings. The molecule has 0 radical (unpaired) electrons. The highest BCUT2D eigenvalue weighted by molar-refractivity contribution is 7.46. The van der Waals surface area contributed by atoms with Crippen LogP contribution in [0.1, 0.15) is 181 Å². The second kappa shape index (κ2) is 33.4. The molecule has 0 aromatic rings. The van der Waals surface area contributed by atoms with Crippen LogP contribution in [0.15, 0.2) is 24.3 Å². The minimum Gasteiger partial charge on any atom is -0.462 e. The molecule has 0 spiro atoms. The van der Waals surface area contributed by atoms with E-state index >= 15 is 0 Å². The van der Waals surface area contributed by atoms with E-state index in [-0.39, 0.29) is 19.4 Å². The third-order valence-electron chi connectivity index (χ3n) is 7.99. The predicted octanol–water partition coefficient (Wildman–Crippen LogP) is 10.8. The number of hydrogen-bond acceptors (Lipinski definition) is 6. The smallest absolute Gasteiger partial charge is 0.462 e. The summed E-state index contributed by atoms with van der Waals surface area (Å²) in [6.07, 6.45) is 36.3. The van der Waals surface area contributed by atoms with Crippen LogP contribution in [0.3, 0.4) is 0 Å². The average molecular weight is 673 g/mol. The first-order chi connectivity index (χ1) is 22.3. The van der Waals surface area contributed by atoms with Gasteiger partial charge >= 0.3 is 19.8 Å². The van der Waals surface area contributed by atoms with Crippen molar-refractivity contribution < 1.29 is 37.9 Å². The van der Waals surface area contributed by atoms with E-state index in [1.54, 1.807) is 0 Å². The van der Waals surface area contributed by atoms with Crippen LogP contribution >= 0.6 is 7.82 Å². The van der Waals surface area contributed by atoms with E-state index < -0.39 is 32.5 Å². The van der Waals surface area contributed by atoms with Gasteiger partial charge in [-0.3, -0.25) is 14.1 Å². The summed E-state index contributed by atoms with van der Waals surface area (Å²) in [5.41, 5.74) is 0. The normalized spacial score (nSPS) is 12.7. The second-order valence-corrected chi connectivity index (χ2v) is 13.8. The molecule has 9 heteroatoms. The predicted molar refractivity (Wildman–Crippen MR) is 189 cm³/mol. The number of hydrogen-bond donors (Lipinski definition) is 2. The summed E-state index contributed by atoms with van der Waals surface area (Å²) in [5, 5.41) is 0. The quantitative estimate of drug-likeness (QED) is 0.0300. The summed E-state index contributed by atoms with van der Waals surface area (Å²) < 4.78 is 26.2. The van der Waals surface area contributed by atoms with Crippen LogP contribution in [0.5, 0.6) is 0 Å². The molecule has 0 saturated carbocycles. The van der Waals surface area contributed by atoms with E-state index in [1.807, 2.05) is 12.2 Å². The summed E-state index contributed by atoms with van der Waals surface area (Å²) in [5.74, 6) is -0.958. The first-order valence-corrected chi connectivity index (χ1v) is 20.2. The largest absolute Gasteiger partial charge is 0.469 e. The Hall–Kier alpha value is -1.47. The minimum atomic E-state index is -4.76. The standard InChI is InChI=1S/C37H69O8P/c1-3-5-7-9-11-13-15-17-18-20-21-23-25-27-29-31-36(38)43-33-35(34-44-46(40,41)42)45-37(39)32-30-28-26-24-22-19-16-14-12-10-8-6-4-2/h19,22,26,28,35H,3-18,20-21,23-25,27,29-34H2,1-2H3,(H2,40,41,42)/b22-19+,28-26+. The Morgan fingerprint density at radius 1 is 0.565 bits per heavy atom. The van der Waals surface area contributed by atoms with Crippen molar-refractivity contribution in [3.05, 3.63) is 24.3 Å². The van der Waals surface area contributed by atoms with Gasteiger partial charge in [-0.05, 0) is 32.1 Å². The van der Waals surface area contributed by atoms with Gasteiger partial charge in [0.25, 0.3) is 0 Å². The summed E-state index contributed by atoms with van der Waals surface area (Å²) in [4.78, 5) is 42.6. The van der Waals surface area contributed by atoms with E-state index in [1.165, 1.54) is 116 Å². The first-order valence-electron chi connectivity index (χ1n) is 18.6. The van der Waals surface area contributed by atoms with E-state index in [9.17, 15) is 14.2 Å². The van der Waals surface area contributed by atoms with Crippen molar-refractivity contribution >= 4 is 19.8 Å². The van der Waals surface area contributed by atoms with Gasteiger partial charge in [0.15, 0.2) is 6.10 Å². The molecule has 0 saturated heterocycles. The Morgan fingerprint density at radius 2 is 1.02 bits per heavy atom. The molecule has 0 aliphatic carbocycles. The maximum atomic E-state index is 12.3. The zero-order valence-corrected chi connectivity index (χ0v) is 30.4. The Morgan fingerprint density at radius 3 is 1.52 bits per heavy atom. The molecular weight excluding hydrogens is 603 g/mol. The molecule has 46 heavy (non-hydrogen) atoms. The Kier molecular flexibility index (Phi) is 32.4. The lowest BCUT2D eigenvalue weighted by atomic mass is 10.0. The number of phosphoric acid groups is 1. The third kappa shape index (κ3) is 35.4. The third-order valence-corrected chi connectivity index (χ3v) is 8.47. The van der Waals surface area contributed by atoms with Crippen LogP contribution in [0.2, 0.25) is 0 Å². The Labute approximate surface area is 281 Å². The highest BCUT2D eigenvalue weighted by atomic mass is 31.2. The van der Waals surface area contributed by atoms with Crippen molar-refractivity contribution in [3.8, 4) is 0 Å². The number of carbonyl (C=O) groups is 2. The van der Waals surface area contributed by atoms with E-state index in [0.717, 1.165) is 32.1 Å². The molecule has 1 atom stereocenters. The molecule has 270 valence electrons. The lowest BCUT2D eigenvalue weighted by Gasteiger charge is -2.18. The molecular formula is C37H69O8P. The molecule has 0 rings (SSSR count). The number of carbonyl (C=O) groups excluding carboxylic acids is 2. The highest BCUT2D eigenvalue weighted by Crippen LogP contribution is 2.35. The first kappa shape index (κ1) is 44.5. The number of unbranched alkanes of at least 4 members (excludes halogenated alkanes) is 20. The number of rotatable bonds is 34. The van der Waals surface area contributed by atoms with Gasteiger partial charge in [-0.25, -0.2) is 4.57 Å². The van der Waals surface area contributed by atoms with Gasteiger partial charge in [0.05, 0.1) is 6.61 Å². The number of phosphoric ester groups is 1. The number of esters is 2. The molecule has 1 unspecified atom stereocenters. The second-order valence-electron chi connectivity index (χ2n) is 12.6. The van der Waals surface area contributed by atoms with Gasteiger partial charge in [0.1, 0.15) is 6.61 Å². The van der Waals surface area contributed by atoms with Crippen molar-refractivity contribution in [1.82, 2.24) is 0 Å². The summed E-state index contributed by atoms with van der Waals surface area (Å²) in [6.45, 7) is 3.62. The summed E-state index contributed by atoms with van der Waals surface area (Å²) in [7, 11) is -4.76. The van der Waals surface area contributed by atoms with Crippen LogP contribution in [-0.4, -0.2) is 41.0 Å². The maximum absolute atomic E-state index is 12.3. The maximum Gasteiger partial charge on any atom is 0.469 e. The highest BCUT2D eigenvalue weighted by Gasteiger charge is 2.22. The monoisotopic (exact) mass is 672 g/mol. The topological polar surface area (TPSA) is 119 Å². The number of allylic oxidation sites excluding steroid dienone is 4. The van der Waals surface area contributed by atoms with Crippen LogP contribution in [0, 0.1) is 0 Å². The Balaban J connectivity index is 4.02. The fourth-order valence-electron chi connectivity index (χ4n) is 5.19. The molecule has 2 N–H and O–H groups in total. The zero-order chi connectivity index (χ0) is 34.0. The molecule has 0 aliphatic rings. The zero-order valence-electron chi connectivity index (χ0n) is 29.5.